The molecule has 0 saturated heterocycles. The molecule has 0 unspecified atom stereocenters. The number of benzene rings is 3. The first-order valence-corrected chi connectivity index (χ1v) is 15.1. The van der Waals surface area contributed by atoms with Gasteiger partial charge in [-0.1, -0.05) is 24.3 Å². The summed E-state index contributed by atoms with van der Waals surface area (Å²) in [5.41, 5.74) is 11.6. The normalized spacial score (nSPS) is 11.8. The van der Waals surface area contributed by atoms with Gasteiger partial charge in [-0.05, 0) is 94.6 Å². The second-order valence-electron chi connectivity index (χ2n) is 11.6. The molecular weight excluding hydrogens is 538 g/mol. The number of aromatic nitrogens is 4. The van der Waals surface area contributed by atoms with Crippen molar-refractivity contribution in [3.63, 3.8) is 0 Å². The molecule has 2 aromatic heterocycles. The number of carbonyl (C=O) groups is 2. The zero-order chi connectivity index (χ0) is 30.5. The molecular formula is C34H41N7O2. The maximum Gasteiger partial charge on any atom is 0.251 e. The molecule has 9 heteroatoms. The Balaban J connectivity index is 1.45. The Labute approximate surface area is 252 Å². The number of fused-ring (bicyclic) bond motifs is 2. The Hall–Kier alpha value is -4.50. The molecule has 5 N–H and O–H groups in total. The van der Waals surface area contributed by atoms with Crippen LogP contribution in [-0.4, -0.2) is 61.8 Å². The highest BCUT2D eigenvalue weighted by atomic mass is 16.2. The van der Waals surface area contributed by atoms with E-state index in [1.54, 1.807) is 12.1 Å². The van der Waals surface area contributed by atoms with Crippen LogP contribution < -0.4 is 11.1 Å². The van der Waals surface area contributed by atoms with Crippen LogP contribution in [0.4, 0.5) is 0 Å². The first kappa shape index (κ1) is 30.0. The summed E-state index contributed by atoms with van der Waals surface area (Å²) in [5.74, 6) is 0.651. The number of nitrogens with two attached hydrogens (primary N) is 1. The van der Waals surface area contributed by atoms with Crippen molar-refractivity contribution in [1.82, 2.24) is 30.2 Å². The van der Waals surface area contributed by atoms with Gasteiger partial charge in [0.1, 0.15) is 11.6 Å². The highest BCUT2D eigenvalue weighted by molar-refractivity contribution is 6.00. The van der Waals surface area contributed by atoms with E-state index in [9.17, 15) is 9.59 Å². The fraction of sp³-hybridized carbons (Fsp3) is 0.353. The van der Waals surface area contributed by atoms with Gasteiger partial charge in [-0.3, -0.25) is 14.5 Å². The Morgan fingerprint density at radius 1 is 0.767 bits per heavy atom. The summed E-state index contributed by atoms with van der Waals surface area (Å²) in [6, 6.07) is 19.9. The minimum absolute atomic E-state index is 0.183. The standard InChI is InChI=1S/C34H41N7O2/c1-21(2)41(22(3)4)18-10-9-17-36-34(43)24-16-15-23(33(35)42)25(19-31-37-27-11-5-6-12-28(27)38-31)26(24)20-32-39-29-13-7-8-14-30(29)40-32/h5-8,11-16,21-22H,9-10,17-20H2,1-4H3,(H2,35,42)(H,36,43)(H,37,38)(H,39,40). The molecule has 5 aromatic rings. The number of H-pyrrole nitrogens is 2. The number of hydrogen-bond donors (Lipinski definition) is 4. The van der Waals surface area contributed by atoms with E-state index in [2.05, 4.69) is 47.9 Å². The smallest absolute Gasteiger partial charge is 0.251 e. The monoisotopic (exact) mass is 579 g/mol. The number of amides is 2. The van der Waals surface area contributed by atoms with Gasteiger partial charge in [0.2, 0.25) is 5.91 Å². The predicted molar refractivity (Wildman–Crippen MR) is 171 cm³/mol. The van der Waals surface area contributed by atoms with Crippen molar-refractivity contribution < 1.29 is 9.59 Å². The van der Waals surface area contributed by atoms with Crippen molar-refractivity contribution in [2.75, 3.05) is 13.1 Å². The van der Waals surface area contributed by atoms with E-state index in [1.807, 2.05) is 48.5 Å². The molecule has 224 valence electrons. The third-order valence-corrected chi connectivity index (χ3v) is 7.96. The second-order valence-corrected chi connectivity index (χ2v) is 11.6. The predicted octanol–water partition coefficient (Wildman–Crippen LogP) is 5.35. The van der Waals surface area contributed by atoms with Crippen LogP contribution in [0, 0.1) is 0 Å². The van der Waals surface area contributed by atoms with Crippen molar-refractivity contribution in [2.24, 2.45) is 5.73 Å². The van der Waals surface area contributed by atoms with Crippen LogP contribution in [-0.2, 0) is 12.8 Å². The molecule has 0 aliphatic heterocycles. The molecule has 0 atom stereocenters. The van der Waals surface area contributed by atoms with Gasteiger partial charge in [0.25, 0.3) is 5.91 Å². The fourth-order valence-corrected chi connectivity index (χ4v) is 5.88. The lowest BCUT2D eigenvalue weighted by Crippen LogP contribution is -2.38. The van der Waals surface area contributed by atoms with Gasteiger partial charge in [-0.2, -0.15) is 0 Å². The molecule has 0 aliphatic rings. The summed E-state index contributed by atoms with van der Waals surface area (Å²) in [6.07, 6.45) is 2.49. The highest BCUT2D eigenvalue weighted by Crippen LogP contribution is 2.26. The van der Waals surface area contributed by atoms with Crippen LogP contribution in [0.25, 0.3) is 22.1 Å². The van der Waals surface area contributed by atoms with Crippen LogP contribution in [0.1, 0.15) is 84.0 Å². The minimum atomic E-state index is -0.552. The number of aromatic amines is 2. The van der Waals surface area contributed by atoms with Crippen molar-refractivity contribution in [3.05, 3.63) is 94.6 Å². The molecule has 5 rings (SSSR count). The molecule has 0 aliphatic carbocycles. The Morgan fingerprint density at radius 2 is 1.28 bits per heavy atom. The number of hydrogen-bond acceptors (Lipinski definition) is 5. The third kappa shape index (κ3) is 6.94. The molecule has 0 saturated carbocycles. The Morgan fingerprint density at radius 3 is 1.79 bits per heavy atom. The lowest BCUT2D eigenvalue weighted by molar-refractivity contribution is 0.0947. The molecule has 43 heavy (non-hydrogen) atoms. The minimum Gasteiger partial charge on any atom is -0.366 e. The van der Waals surface area contributed by atoms with Crippen LogP contribution in [0.2, 0.25) is 0 Å². The van der Waals surface area contributed by atoms with Crippen LogP contribution in [0.5, 0.6) is 0 Å². The largest absolute Gasteiger partial charge is 0.366 e. The van der Waals surface area contributed by atoms with E-state index in [0.717, 1.165) is 41.5 Å². The van der Waals surface area contributed by atoms with Gasteiger partial charge in [-0.15, -0.1) is 0 Å². The summed E-state index contributed by atoms with van der Waals surface area (Å²) in [4.78, 5) is 45.0. The van der Waals surface area contributed by atoms with Crippen molar-refractivity contribution in [2.45, 2.75) is 65.5 Å². The Bertz CT molecular complexity index is 1660. The summed E-state index contributed by atoms with van der Waals surface area (Å²) in [7, 11) is 0. The number of rotatable bonds is 13. The van der Waals surface area contributed by atoms with Crippen molar-refractivity contribution >= 4 is 33.9 Å². The topological polar surface area (TPSA) is 133 Å². The zero-order valence-electron chi connectivity index (χ0n) is 25.4. The number of nitrogens with one attached hydrogen (secondary N) is 3. The molecule has 2 amide bonds. The molecule has 0 radical (unpaired) electrons. The number of primary amides is 1. The molecule has 0 spiro atoms. The average Bonchev–Trinajstić information content (AvgIpc) is 3.57. The van der Waals surface area contributed by atoms with Crippen LogP contribution in [0.15, 0.2) is 60.7 Å². The van der Waals surface area contributed by atoms with E-state index in [4.69, 9.17) is 15.7 Å². The van der Waals surface area contributed by atoms with Crippen molar-refractivity contribution in [1.29, 1.82) is 0 Å². The number of imidazole rings is 2. The average molecular weight is 580 g/mol. The van der Waals surface area contributed by atoms with Crippen molar-refractivity contribution in [3.8, 4) is 0 Å². The fourth-order valence-electron chi connectivity index (χ4n) is 5.88. The van der Waals surface area contributed by atoms with Gasteiger partial charge in [0, 0.05) is 42.6 Å². The van der Waals surface area contributed by atoms with Gasteiger partial charge < -0.3 is 21.0 Å². The summed E-state index contributed by atoms with van der Waals surface area (Å²) >= 11 is 0. The summed E-state index contributed by atoms with van der Waals surface area (Å²) < 4.78 is 0. The van der Waals surface area contributed by atoms with E-state index in [-0.39, 0.29) is 5.91 Å². The first-order valence-electron chi connectivity index (χ1n) is 15.1. The Kier molecular flexibility index (Phi) is 9.21. The lowest BCUT2D eigenvalue weighted by atomic mass is 9.90. The summed E-state index contributed by atoms with van der Waals surface area (Å²) in [6.45, 7) is 10.4. The van der Waals surface area contributed by atoms with E-state index < -0.39 is 5.91 Å². The zero-order valence-corrected chi connectivity index (χ0v) is 25.4. The number of carbonyl (C=O) groups excluding carboxylic acids is 2. The van der Waals surface area contributed by atoms with Crippen LogP contribution >= 0.6 is 0 Å². The maximum absolute atomic E-state index is 13.7. The lowest BCUT2D eigenvalue weighted by Gasteiger charge is -2.30. The van der Waals surface area contributed by atoms with E-state index in [1.165, 1.54) is 0 Å². The second kappa shape index (κ2) is 13.2. The van der Waals surface area contributed by atoms with Gasteiger partial charge in [-0.25, -0.2) is 9.97 Å². The summed E-state index contributed by atoms with van der Waals surface area (Å²) in [5, 5.41) is 3.12. The molecule has 0 bridgehead atoms. The van der Waals surface area contributed by atoms with E-state index >= 15 is 0 Å². The SMILES string of the molecule is CC(C)N(CCCCNC(=O)c1ccc(C(N)=O)c(Cc2nc3ccccc3[nH]2)c1Cc1nc2ccccc2[nH]1)C(C)C. The van der Waals surface area contributed by atoms with Gasteiger partial charge in [0.05, 0.1) is 22.1 Å². The highest BCUT2D eigenvalue weighted by Gasteiger charge is 2.23. The molecule has 2 heterocycles. The first-order chi connectivity index (χ1) is 20.7. The molecule has 9 nitrogen and oxygen atoms in total. The van der Waals surface area contributed by atoms with E-state index in [0.29, 0.717) is 65.4 Å². The van der Waals surface area contributed by atoms with Gasteiger partial charge in [0.15, 0.2) is 0 Å². The quantitative estimate of drug-likeness (QED) is 0.140. The number of nitrogens with zero attached hydrogens (tertiary/aromatic N) is 3. The third-order valence-electron chi connectivity index (χ3n) is 7.96. The maximum atomic E-state index is 13.7. The van der Waals surface area contributed by atoms with Crippen LogP contribution in [0.3, 0.4) is 0 Å². The number of unbranched alkanes of at least 4 members (excludes halogenated alkanes) is 1. The number of para-hydroxylation sites is 4. The molecule has 3 aromatic carbocycles. The van der Waals surface area contributed by atoms with Gasteiger partial charge >= 0.3 is 0 Å². The molecule has 0 fully saturated rings.